The Bertz CT molecular complexity index is 208. The summed E-state index contributed by atoms with van der Waals surface area (Å²) in [4.78, 5) is 10.1. The van der Waals surface area contributed by atoms with Crippen LogP contribution in [-0.4, -0.2) is 23.2 Å². The number of carboxylic acid groups (broad SMARTS) is 1. The van der Waals surface area contributed by atoms with Crippen LogP contribution in [0.4, 0.5) is 4.79 Å². The van der Waals surface area contributed by atoms with Crippen molar-refractivity contribution in [2.45, 2.75) is 82.9 Å². The van der Waals surface area contributed by atoms with Crippen molar-refractivity contribution >= 4 is 17.8 Å². The van der Waals surface area contributed by atoms with Crippen molar-refractivity contribution in [3.05, 3.63) is 0 Å². The average molecular weight is 293 g/mol. The molecule has 0 spiro atoms. The number of halogens is 1. The second kappa shape index (κ2) is 14.0. The first-order chi connectivity index (χ1) is 9.13. The molecule has 0 saturated heterocycles. The van der Waals surface area contributed by atoms with E-state index in [0.29, 0.717) is 12.0 Å². The van der Waals surface area contributed by atoms with E-state index in [-0.39, 0.29) is 0 Å². The Hall–Kier alpha value is -0.440. The zero-order valence-corrected chi connectivity index (χ0v) is 13.0. The van der Waals surface area contributed by atoms with Crippen LogP contribution in [0.15, 0.2) is 0 Å². The minimum absolute atomic E-state index is 0.324. The molecule has 1 atom stereocenters. The first-order valence-electron chi connectivity index (χ1n) is 7.62. The van der Waals surface area contributed by atoms with Crippen LogP contribution in [0, 0.1) is 0 Å². The van der Waals surface area contributed by atoms with Crippen LogP contribution in [0.2, 0.25) is 0 Å². The number of rotatable bonds is 13. The first kappa shape index (κ1) is 18.6. The largest absolute Gasteiger partial charge is 0.505 e. The highest BCUT2D eigenvalue weighted by Crippen LogP contribution is 2.13. The molecule has 0 amide bonds. The van der Waals surface area contributed by atoms with Crippen molar-refractivity contribution in [2.24, 2.45) is 0 Å². The summed E-state index contributed by atoms with van der Waals surface area (Å²) in [5.41, 5.74) is 0. The van der Waals surface area contributed by atoms with Gasteiger partial charge in [-0.3, -0.25) is 0 Å². The smallest absolute Gasteiger partial charge is 0.450 e. The normalized spacial score (nSPS) is 12.3. The number of unbranched alkanes of at least 4 members (excludes halogenated alkanes) is 9. The minimum atomic E-state index is -1.16. The van der Waals surface area contributed by atoms with Gasteiger partial charge in [-0.15, -0.1) is 11.6 Å². The molecule has 0 aliphatic carbocycles. The van der Waals surface area contributed by atoms with E-state index in [9.17, 15) is 4.79 Å². The molecule has 0 aliphatic heterocycles. The number of carbonyl (C=O) groups is 1. The molecule has 0 heterocycles. The van der Waals surface area contributed by atoms with Crippen LogP contribution in [0.5, 0.6) is 0 Å². The van der Waals surface area contributed by atoms with Gasteiger partial charge in [-0.05, 0) is 19.8 Å². The summed E-state index contributed by atoms with van der Waals surface area (Å²) in [5.74, 6) is 0. The maximum atomic E-state index is 10.1. The lowest BCUT2D eigenvalue weighted by atomic mass is 10.1. The summed E-state index contributed by atoms with van der Waals surface area (Å²) in [7, 11) is 0. The zero-order chi connectivity index (χ0) is 14.3. The van der Waals surface area contributed by atoms with Crippen LogP contribution in [-0.2, 0) is 4.74 Å². The summed E-state index contributed by atoms with van der Waals surface area (Å²) in [6.45, 7) is 2.40. The standard InChI is InChI=1S/C15H29ClO3/c1-14(16)12-10-8-6-4-2-3-5-7-9-11-13-19-15(17)18/h14H,2-13H2,1H3,(H,17,18). The molecule has 1 N–H and O–H groups in total. The molecule has 0 fully saturated rings. The Morgan fingerprint density at radius 2 is 1.37 bits per heavy atom. The predicted octanol–water partition coefficient (Wildman–Crippen LogP) is 5.60. The molecule has 4 heteroatoms. The van der Waals surface area contributed by atoms with Crippen LogP contribution in [0.1, 0.15) is 77.6 Å². The van der Waals surface area contributed by atoms with Gasteiger partial charge in [0.1, 0.15) is 0 Å². The molecule has 0 aromatic rings. The number of ether oxygens (including phenoxy) is 1. The van der Waals surface area contributed by atoms with Crippen molar-refractivity contribution < 1.29 is 14.6 Å². The maximum absolute atomic E-state index is 10.1. The van der Waals surface area contributed by atoms with Crippen LogP contribution in [0.3, 0.4) is 0 Å². The summed E-state index contributed by atoms with van der Waals surface area (Å²) in [6, 6.07) is 0. The van der Waals surface area contributed by atoms with Crippen molar-refractivity contribution in [2.75, 3.05) is 6.61 Å². The topological polar surface area (TPSA) is 46.5 Å². The number of hydrogen-bond acceptors (Lipinski definition) is 2. The van der Waals surface area contributed by atoms with E-state index in [1.807, 2.05) is 0 Å². The van der Waals surface area contributed by atoms with E-state index in [4.69, 9.17) is 16.7 Å². The van der Waals surface area contributed by atoms with E-state index < -0.39 is 6.16 Å². The van der Waals surface area contributed by atoms with E-state index >= 15 is 0 Å². The third-order valence-electron chi connectivity index (χ3n) is 3.22. The molecule has 0 aliphatic rings. The Kier molecular flexibility index (Phi) is 13.7. The minimum Gasteiger partial charge on any atom is -0.450 e. The van der Waals surface area contributed by atoms with Gasteiger partial charge >= 0.3 is 6.16 Å². The highest BCUT2D eigenvalue weighted by molar-refractivity contribution is 6.20. The van der Waals surface area contributed by atoms with Gasteiger partial charge in [0.05, 0.1) is 6.61 Å². The Morgan fingerprint density at radius 1 is 0.947 bits per heavy atom. The van der Waals surface area contributed by atoms with E-state index in [2.05, 4.69) is 11.7 Å². The fraction of sp³-hybridized carbons (Fsp3) is 0.933. The third kappa shape index (κ3) is 17.6. The Labute approximate surface area is 122 Å². The molecular formula is C15H29ClO3. The quantitative estimate of drug-likeness (QED) is 0.273. The van der Waals surface area contributed by atoms with Crippen molar-refractivity contribution in [3.63, 3.8) is 0 Å². The molecule has 0 aromatic heterocycles. The summed E-state index contributed by atoms with van der Waals surface area (Å²) >= 11 is 5.89. The van der Waals surface area contributed by atoms with Gasteiger partial charge in [0.2, 0.25) is 0 Å². The van der Waals surface area contributed by atoms with Crippen LogP contribution >= 0.6 is 11.6 Å². The zero-order valence-electron chi connectivity index (χ0n) is 12.2. The molecule has 0 saturated carbocycles. The molecule has 19 heavy (non-hydrogen) atoms. The van der Waals surface area contributed by atoms with Crippen molar-refractivity contribution in [1.82, 2.24) is 0 Å². The third-order valence-corrected chi connectivity index (χ3v) is 3.44. The fourth-order valence-electron chi connectivity index (χ4n) is 2.10. The van der Waals surface area contributed by atoms with E-state index in [1.54, 1.807) is 0 Å². The predicted molar refractivity (Wildman–Crippen MR) is 80.1 cm³/mol. The maximum Gasteiger partial charge on any atom is 0.505 e. The van der Waals surface area contributed by atoms with E-state index in [0.717, 1.165) is 19.3 Å². The fourth-order valence-corrected chi connectivity index (χ4v) is 2.26. The summed E-state index contributed by atoms with van der Waals surface area (Å²) in [6.07, 6.45) is 12.2. The lowest BCUT2D eigenvalue weighted by molar-refractivity contribution is 0.0899. The molecule has 0 radical (unpaired) electrons. The highest BCUT2D eigenvalue weighted by atomic mass is 35.5. The lowest BCUT2D eigenvalue weighted by Crippen LogP contribution is -2.01. The van der Waals surface area contributed by atoms with Crippen LogP contribution < -0.4 is 0 Å². The van der Waals surface area contributed by atoms with Gasteiger partial charge in [0, 0.05) is 5.38 Å². The SMILES string of the molecule is CC(Cl)CCCCCCCCCCCCOC(=O)O. The second-order valence-electron chi connectivity index (χ2n) is 5.22. The molecule has 114 valence electrons. The summed E-state index contributed by atoms with van der Waals surface area (Å²) in [5, 5.41) is 8.60. The van der Waals surface area contributed by atoms with Crippen molar-refractivity contribution in [3.8, 4) is 0 Å². The molecule has 0 rings (SSSR count). The molecular weight excluding hydrogens is 264 g/mol. The van der Waals surface area contributed by atoms with Gasteiger partial charge in [0.15, 0.2) is 0 Å². The monoisotopic (exact) mass is 292 g/mol. The molecule has 1 unspecified atom stereocenters. The van der Waals surface area contributed by atoms with Crippen molar-refractivity contribution in [1.29, 1.82) is 0 Å². The van der Waals surface area contributed by atoms with Gasteiger partial charge in [-0.1, -0.05) is 57.8 Å². The average Bonchev–Trinajstić information content (AvgIpc) is 2.34. The number of hydrogen-bond donors (Lipinski definition) is 1. The van der Waals surface area contributed by atoms with Gasteiger partial charge in [-0.2, -0.15) is 0 Å². The van der Waals surface area contributed by atoms with Gasteiger partial charge in [0.25, 0.3) is 0 Å². The van der Waals surface area contributed by atoms with Gasteiger partial charge < -0.3 is 9.84 Å². The van der Waals surface area contributed by atoms with Gasteiger partial charge in [-0.25, -0.2) is 4.79 Å². The number of alkyl halides is 1. The Balaban J connectivity index is 2.97. The van der Waals surface area contributed by atoms with E-state index in [1.165, 1.54) is 51.4 Å². The second-order valence-corrected chi connectivity index (χ2v) is 5.96. The van der Waals surface area contributed by atoms with Crippen LogP contribution in [0.25, 0.3) is 0 Å². The molecule has 0 bridgehead atoms. The molecule has 0 aromatic carbocycles. The lowest BCUT2D eigenvalue weighted by Gasteiger charge is -2.04. The highest BCUT2D eigenvalue weighted by Gasteiger charge is 1.97. The first-order valence-corrected chi connectivity index (χ1v) is 8.06. The summed E-state index contributed by atoms with van der Waals surface area (Å²) < 4.78 is 4.45. The Morgan fingerprint density at radius 3 is 1.79 bits per heavy atom. The molecule has 3 nitrogen and oxygen atoms in total.